The third-order valence-corrected chi connectivity index (χ3v) is 3.35. The second kappa shape index (κ2) is 6.85. The Labute approximate surface area is 121 Å². The van der Waals surface area contributed by atoms with Crippen molar-refractivity contribution in [3.05, 3.63) is 34.8 Å². The summed E-state index contributed by atoms with van der Waals surface area (Å²) in [5.74, 6) is 0.209. The number of nitrogens with one attached hydrogen (secondary N) is 1. The quantitative estimate of drug-likeness (QED) is 0.815. The van der Waals surface area contributed by atoms with Gasteiger partial charge in [-0.15, -0.1) is 10.2 Å². The number of hydrogen-bond acceptors (Lipinski definition) is 6. The highest BCUT2D eigenvalue weighted by molar-refractivity contribution is 7.15. The van der Waals surface area contributed by atoms with E-state index in [9.17, 15) is 4.79 Å². The molecule has 0 atom stereocenters. The van der Waals surface area contributed by atoms with Gasteiger partial charge >= 0.3 is 0 Å². The highest BCUT2D eigenvalue weighted by atomic mass is 32.1. The van der Waals surface area contributed by atoms with Crippen LogP contribution in [0.25, 0.3) is 0 Å². The predicted molar refractivity (Wildman–Crippen MR) is 78.0 cm³/mol. The van der Waals surface area contributed by atoms with Gasteiger partial charge in [0, 0.05) is 12.1 Å². The first-order chi connectivity index (χ1) is 9.69. The Kier molecular flexibility index (Phi) is 4.89. The number of carbonyl (C=O) groups is 1. The van der Waals surface area contributed by atoms with Gasteiger partial charge in [0.2, 0.25) is 11.0 Å². The average molecular weight is 292 g/mol. The molecule has 0 saturated carbocycles. The molecular weight excluding hydrogens is 276 g/mol. The highest BCUT2D eigenvalue weighted by Crippen LogP contribution is 2.18. The van der Waals surface area contributed by atoms with E-state index in [-0.39, 0.29) is 0 Å². The van der Waals surface area contributed by atoms with Crippen LogP contribution < -0.4 is 15.8 Å². The second-order valence-corrected chi connectivity index (χ2v) is 5.17. The average Bonchev–Trinajstić information content (AvgIpc) is 2.91. The molecule has 0 aliphatic rings. The molecule has 0 aliphatic heterocycles. The van der Waals surface area contributed by atoms with Crippen molar-refractivity contribution < 1.29 is 9.53 Å². The fourth-order valence-electron chi connectivity index (χ4n) is 1.48. The zero-order chi connectivity index (χ0) is 14.4. The third-order valence-electron chi connectivity index (χ3n) is 2.49. The molecule has 0 spiro atoms. The van der Waals surface area contributed by atoms with E-state index in [0.29, 0.717) is 17.9 Å². The molecular formula is C13H16N4O2S. The Morgan fingerprint density at radius 2 is 2.10 bits per heavy atom. The maximum absolute atomic E-state index is 10.9. The first kappa shape index (κ1) is 14.3. The maximum Gasteiger partial charge on any atom is 0.248 e. The number of nitrogens with zero attached hydrogens (tertiary/aromatic N) is 2. The lowest BCUT2D eigenvalue weighted by molar-refractivity contribution is 0.100. The van der Waals surface area contributed by atoms with Crippen molar-refractivity contribution in [3.63, 3.8) is 0 Å². The summed E-state index contributed by atoms with van der Waals surface area (Å²) in [4.78, 5) is 10.9. The van der Waals surface area contributed by atoms with E-state index in [4.69, 9.17) is 10.5 Å². The SMILES string of the molecule is CCCNc1nnc(COc2ccc(C(N)=O)cc2)s1. The van der Waals surface area contributed by atoms with Crippen molar-refractivity contribution in [2.45, 2.75) is 20.0 Å². The van der Waals surface area contributed by atoms with Crippen molar-refractivity contribution in [3.8, 4) is 5.75 Å². The largest absolute Gasteiger partial charge is 0.486 e. The van der Waals surface area contributed by atoms with Gasteiger partial charge in [-0.05, 0) is 30.7 Å². The van der Waals surface area contributed by atoms with Crippen LogP contribution in [0.3, 0.4) is 0 Å². The summed E-state index contributed by atoms with van der Waals surface area (Å²) in [5, 5.41) is 12.8. The van der Waals surface area contributed by atoms with E-state index in [0.717, 1.165) is 23.1 Å². The molecule has 1 aromatic heterocycles. The number of anilines is 1. The van der Waals surface area contributed by atoms with Crippen molar-refractivity contribution >= 4 is 22.4 Å². The Morgan fingerprint density at radius 3 is 2.75 bits per heavy atom. The molecule has 1 aromatic carbocycles. The normalized spacial score (nSPS) is 10.2. The lowest BCUT2D eigenvalue weighted by atomic mass is 10.2. The fraction of sp³-hybridized carbons (Fsp3) is 0.308. The van der Waals surface area contributed by atoms with Crippen LogP contribution in [0.4, 0.5) is 5.13 Å². The Hall–Kier alpha value is -2.15. The minimum absolute atomic E-state index is 0.349. The van der Waals surface area contributed by atoms with Gasteiger partial charge in [0.15, 0.2) is 5.01 Å². The number of carbonyl (C=O) groups excluding carboxylic acids is 1. The van der Waals surface area contributed by atoms with Crippen LogP contribution in [0.2, 0.25) is 0 Å². The molecule has 6 nitrogen and oxygen atoms in total. The third kappa shape index (κ3) is 3.92. The summed E-state index contributed by atoms with van der Waals surface area (Å²) >= 11 is 1.47. The van der Waals surface area contributed by atoms with Crippen LogP contribution in [0.5, 0.6) is 5.75 Å². The molecule has 7 heteroatoms. The maximum atomic E-state index is 10.9. The molecule has 1 amide bonds. The number of amides is 1. The van der Waals surface area contributed by atoms with Crippen LogP contribution >= 0.6 is 11.3 Å². The smallest absolute Gasteiger partial charge is 0.248 e. The Bertz CT molecular complexity index is 568. The molecule has 0 radical (unpaired) electrons. The van der Waals surface area contributed by atoms with Gasteiger partial charge in [-0.2, -0.15) is 0 Å². The molecule has 0 bridgehead atoms. The lowest BCUT2D eigenvalue weighted by Gasteiger charge is -2.03. The summed E-state index contributed by atoms with van der Waals surface area (Å²) in [6, 6.07) is 6.67. The summed E-state index contributed by atoms with van der Waals surface area (Å²) in [5.41, 5.74) is 5.63. The van der Waals surface area contributed by atoms with Crippen LogP contribution in [0.15, 0.2) is 24.3 Å². The van der Waals surface area contributed by atoms with Gasteiger partial charge < -0.3 is 15.8 Å². The van der Waals surface area contributed by atoms with E-state index >= 15 is 0 Å². The molecule has 3 N–H and O–H groups in total. The van der Waals surface area contributed by atoms with E-state index in [1.54, 1.807) is 24.3 Å². The number of aromatic nitrogens is 2. The van der Waals surface area contributed by atoms with Crippen LogP contribution in [-0.4, -0.2) is 22.6 Å². The molecule has 0 aliphatic carbocycles. The van der Waals surface area contributed by atoms with Crippen molar-refractivity contribution in [2.24, 2.45) is 5.73 Å². The van der Waals surface area contributed by atoms with Crippen LogP contribution in [0, 0.1) is 0 Å². The monoisotopic (exact) mass is 292 g/mol. The van der Waals surface area contributed by atoms with Crippen LogP contribution in [-0.2, 0) is 6.61 Å². The van der Waals surface area contributed by atoms with Gasteiger partial charge in [-0.3, -0.25) is 4.79 Å². The van der Waals surface area contributed by atoms with Gasteiger partial charge in [0.25, 0.3) is 0 Å². The number of benzene rings is 1. The van der Waals surface area contributed by atoms with Crippen molar-refractivity contribution in [1.29, 1.82) is 0 Å². The fourth-order valence-corrected chi connectivity index (χ4v) is 2.15. The molecule has 0 unspecified atom stereocenters. The van der Waals surface area contributed by atoms with Gasteiger partial charge in [-0.1, -0.05) is 18.3 Å². The summed E-state index contributed by atoms with van der Waals surface area (Å²) < 4.78 is 5.57. The molecule has 0 fully saturated rings. The topological polar surface area (TPSA) is 90.1 Å². The predicted octanol–water partition coefficient (Wildman–Crippen LogP) is 2.04. The highest BCUT2D eigenvalue weighted by Gasteiger charge is 2.05. The first-order valence-corrected chi connectivity index (χ1v) is 7.09. The standard InChI is InChI=1S/C13H16N4O2S/c1-2-7-15-13-17-16-11(20-13)8-19-10-5-3-9(4-6-10)12(14)18/h3-6H,2,7-8H2,1H3,(H2,14,18)(H,15,17). The Balaban J connectivity index is 1.88. The van der Waals surface area contributed by atoms with Crippen molar-refractivity contribution in [1.82, 2.24) is 10.2 Å². The molecule has 2 rings (SSSR count). The molecule has 106 valence electrons. The summed E-state index contributed by atoms with van der Waals surface area (Å²) in [7, 11) is 0. The van der Waals surface area contributed by atoms with E-state index < -0.39 is 5.91 Å². The van der Waals surface area contributed by atoms with E-state index in [2.05, 4.69) is 22.4 Å². The Morgan fingerprint density at radius 1 is 1.35 bits per heavy atom. The van der Waals surface area contributed by atoms with Gasteiger partial charge in [0.05, 0.1) is 0 Å². The number of nitrogens with two attached hydrogens (primary N) is 1. The number of ether oxygens (including phenoxy) is 1. The number of hydrogen-bond donors (Lipinski definition) is 2. The minimum atomic E-state index is -0.452. The number of rotatable bonds is 7. The minimum Gasteiger partial charge on any atom is -0.486 e. The summed E-state index contributed by atoms with van der Waals surface area (Å²) in [6.45, 7) is 3.32. The molecule has 1 heterocycles. The van der Waals surface area contributed by atoms with E-state index in [1.165, 1.54) is 11.3 Å². The zero-order valence-corrected chi connectivity index (χ0v) is 11.9. The zero-order valence-electron chi connectivity index (χ0n) is 11.1. The first-order valence-electron chi connectivity index (χ1n) is 6.28. The lowest BCUT2D eigenvalue weighted by Crippen LogP contribution is -2.10. The van der Waals surface area contributed by atoms with Gasteiger partial charge in [-0.25, -0.2) is 0 Å². The summed E-state index contributed by atoms with van der Waals surface area (Å²) in [6.07, 6.45) is 1.04. The second-order valence-electron chi connectivity index (χ2n) is 4.11. The number of primary amides is 1. The van der Waals surface area contributed by atoms with Crippen molar-refractivity contribution in [2.75, 3.05) is 11.9 Å². The molecule has 0 saturated heterocycles. The molecule has 20 heavy (non-hydrogen) atoms. The van der Waals surface area contributed by atoms with Crippen LogP contribution in [0.1, 0.15) is 28.7 Å². The van der Waals surface area contributed by atoms with Gasteiger partial charge in [0.1, 0.15) is 12.4 Å². The molecule has 2 aromatic rings. The van der Waals surface area contributed by atoms with E-state index in [1.807, 2.05) is 0 Å².